The second-order valence-corrected chi connectivity index (χ2v) is 5.84. The van der Waals surface area contributed by atoms with Gasteiger partial charge < -0.3 is 15.0 Å². The van der Waals surface area contributed by atoms with Gasteiger partial charge in [-0.25, -0.2) is 15.0 Å². The van der Waals surface area contributed by atoms with Crippen LogP contribution in [0.3, 0.4) is 0 Å². The number of rotatable bonds is 8. The number of esters is 1. The molecule has 2 rings (SSSR count). The molecule has 0 aliphatic carbocycles. The molecule has 0 unspecified atom stereocenters. The molecule has 0 saturated heterocycles. The maximum Gasteiger partial charge on any atom is 0.305 e. The lowest BCUT2D eigenvalue weighted by molar-refractivity contribution is -0.143. The van der Waals surface area contributed by atoms with E-state index in [1.165, 1.54) is 0 Å². The summed E-state index contributed by atoms with van der Waals surface area (Å²) in [6.45, 7) is 4.95. The van der Waals surface area contributed by atoms with Gasteiger partial charge in [0.25, 0.3) is 0 Å². The topological polar surface area (TPSA) is 95.9 Å². The molecule has 0 atom stereocenters. The van der Waals surface area contributed by atoms with E-state index in [1.807, 2.05) is 4.57 Å². The molecule has 0 aliphatic heterocycles. The minimum Gasteiger partial charge on any atom is -0.466 e. The first-order valence-corrected chi connectivity index (χ1v) is 8.41. The number of fused-ring (bicyclic) bond motifs is 1. The number of nitrogens with two attached hydrogens (primary N) is 1. The lowest BCUT2D eigenvalue weighted by Gasteiger charge is -2.06. The van der Waals surface area contributed by atoms with Crippen LogP contribution in [0.25, 0.3) is 11.2 Å². The Hall–Kier alpha value is -1.83. The predicted octanol–water partition coefficient (Wildman–Crippen LogP) is 2.25. The molecule has 2 heterocycles. The van der Waals surface area contributed by atoms with Gasteiger partial charge in [0, 0.05) is 18.7 Å². The summed E-state index contributed by atoms with van der Waals surface area (Å²) < 4.78 is 6.99. The monoisotopic (exact) mass is 323 g/mol. The highest BCUT2D eigenvalue weighted by molar-refractivity contribution is 7.99. The highest BCUT2D eigenvalue weighted by atomic mass is 32.2. The molecule has 0 fully saturated rings. The fourth-order valence-corrected chi connectivity index (χ4v) is 2.59. The summed E-state index contributed by atoms with van der Waals surface area (Å²) >= 11 is 1.58. The molecule has 120 valence electrons. The Morgan fingerprint density at radius 2 is 2.23 bits per heavy atom. The number of aromatic nitrogens is 4. The van der Waals surface area contributed by atoms with Crippen LogP contribution in [-0.4, -0.2) is 37.8 Å². The van der Waals surface area contributed by atoms with Gasteiger partial charge in [0.1, 0.15) is 5.52 Å². The maximum absolute atomic E-state index is 11.1. The van der Waals surface area contributed by atoms with Crippen molar-refractivity contribution in [2.24, 2.45) is 0 Å². The van der Waals surface area contributed by atoms with Gasteiger partial charge in [-0.15, -0.1) is 0 Å². The molecule has 0 spiro atoms. The first-order chi connectivity index (χ1) is 10.7. The Morgan fingerprint density at radius 3 is 2.95 bits per heavy atom. The van der Waals surface area contributed by atoms with Gasteiger partial charge in [-0.05, 0) is 12.8 Å². The van der Waals surface area contributed by atoms with Crippen LogP contribution in [0.5, 0.6) is 0 Å². The Bertz CT molecular complexity index is 643. The SMILES string of the molecule is CCCSc1nc(N)c2ncn(CCCOC(=O)CC)c2n1. The van der Waals surface area contributed by atoms with E-state index in [0.717, 1.165) is 17.8 Å². The standard InChI is InChI=1S/C14H21N5O2S/c1-3-8-22-14-17-12(15)11-13(18-14)19(9-16-11)6-5-7-21-10(20)4-2/h9H,3-8H2,1-2H3,(H2,15,17,18). The number of ether oxygens (including phenoxy) is 1. The number of carbonyl (C=O) groups is 1. The predicted molar refractivity (Wildman–Crippen MR) is 86.6 cm³/mol. The highest BCUT2D eigenvalue weighted by Crippen LogP contribution is 2.22. The average Bonchev–Trinajstić information content (AvgIpc) is 2.93. The summed E-state index contributed by atoms with van der Waals surface area (Å²) in [6, 6.07) is 0. The second-order valence-electron chi connectivity index (χ2n) is 4.78. The lowest BCUT2D eigenvalue weighted by atomic mass is 10.4. The van der Waals surface area contributed by atoms with Gasteiger partial charge in [0.05, 0.1) is 12.9 Å². The van der Waals surface area contributed by atoms with Crippen LogP contribution in [0.2, 0.25) is 0 Å². The summed E-state index contributed by atoms with van der Waals surface area (Å²) in [5.41, 5.74) is 7.29. The zero-order valence-corrected chi connectivity index (χ0v) is 13.7. The Kier molecular flexibility index (Phi) is 6.00. The third kappa shape index (κ3) is 4.09. The van der Waals surface area contributed by atoms with Crippen LogP contribution >= 0.6 is 11.8 Å². The molecule has 2 aromatic heterocycles. The molecule has 0 aliphatic rings. The minimum atomic E-state index is -0.180. The Labute approximate surface area is 133 Å². The van der Waals surface area contributed by atoms with E-state index in [4.69, 9.17) is 10.5 Å². The van der Waals surface area contributed by atoms with Crippen molar-refractivity contribution in [1.29, 1.82) is 0 Å². The zero-order chi connectivity index (χ0) is 15.9. The third-order valence-corrected chi connectivity index (χ3v) is 4.05. The number of aryl methyl sites for hydroxylation is 1. The number of imidazole rings is 1. The molecule has 2 aromatic rings. The molecular formula is C14H21N5O2S. The van der Waals surface area contributed by atoms with Crippen LogP contribution in [0.4, 0.5) is 5.82 Å². The van der Waals surface area contributed by atoms with Crippen LogP contribution < -0.4 is 5.73 Å². The fraction of sp³-hybridized carbons (Fsp3) is 0.571. The van der Waals surface area contributed by atoms with E-state index in [1.54, 1.807) is 25.0 Å². The van der Waals surface area contributed by atoms with Crippen molar-refractivity contribution in [2.75, 3.05) is 18.1 Å². The van der Waals surface area contributed by atoms with Gasteiger partial charge in [-0.2, -0.15) is 0 Å². The fourth-order valence-electron chi connectivity index (χ4n) is 1.89. The number of nitrogen functional groups attached to an aromatic ring is 1. The van der Waals surface area contributed by atoms with Crippen LogP contribution in [-0.2, 0) is 16.1 Å². The summed E-state index contributed by atoms with van der Waals surface area (Å²) in [5.74, 6) is 1.17. The largest absolute Gasteiger partial charge is 0.466 e. The molecule has 0 radical (unpaired) electrons. The number of thioether (sulfide) groups is 1. The Morgan fingerprint density at radius 1 is 1.41 bits per heavy atom. The molecule has 0 amide bonds. The van der Waals surface area contributed by atoms with Crippen LogP contribution in [0.1, 0.15) is 33.1 Å². The van der Waals surface area contributed by atoms with Gasteiger partial charge in [0.15, 0.2) is 16.6 Å². The smallest absolute Gasteiger partial charge is 0.305 e. The van der Waals surface area contributed by atoms with Crippen molar-refractivity contribution >= 4 is 34.7 Å². The molecule has 0 aromatic carbocycles. The molecule has 0 bridgehead atoms. The van der Waals surface area contributed by atoms with Crippen molar-refractivity contribution in [2.45, 2.75) is 44.8 Å². The van der Waals surface area contributed by atoms with E-state index < -0.39 is 0 Å². The quantitative estimate of drug-likeness (QED) is 0.344. The second kappa shape index (κ2) is 7.98. The van der Waals surface area contributed by atoms with Crippen molar-refractivity contribution < 1.29 is 9.53 Å². The number of hydrogen-bond donors (Lipinski definition) is 1. The first-order valence-electron chi connectivity index (χ1n) is 7.42. The molecule has 7 nitrogen and oxygen atoms in total. The number of hydrogen-bond acceptors (Lipinski definition) is 7. The maximum atomic E-state index is 11.1. The van der Waals surface area contributed by atoms with E-state index in [0.29, 0.717) is 42.5 Å². The van der Waals surface area contributed by atoms with Crippen molar-refractivity contribution in [3.63, 3.8) is 0 Å². The van der Waals surface area contributed by atoms with E-state index >= 15 is 0 Å². The van der Waals surface area contributed by atoms with Crippen molar-refractivity contribution in [1.82, 2.24) is 19.5 Å². The van der Waals surface area contributed by atoms with Crippen LogP contribution in [0, 0.1) is 0 Å². The van der Waals surface area contributed by atoms with Gasteiger partial charge in [0.2, 0.25) is 0 Å². The molecule has 8 heteroatoms. The van der Waals surface area contributed by atoms with Crippen molar-refractivity contribution in [3.8, 4) is 0 Å². The normalized spacial score (nSPS) is 11.0. The van der Waals surface area contributed by atoms with E-state index in [2.05, 4.69) is 21.9 Å². The third-order valence-electron chi connectivity index (χ3n) is 3.00. The van der Waals surface area contributed by atoms with Crippen molar-refractivity contribution in [3.05, 3.63) is 6.33 Å². The van der Waals surface area contributed by atoms with E-state index in [9.17, 15) is 4.79 Å². The van der Waals surface area contributed by atoms with Gasteiger partial charge in [-0.1, -0.05) is 25.6 Å². The summed E-state index contributed by atoms with van der Waals surface area (Å²) in [4.78, 5) is 24.2. The molecule has 22 heavy (non-hydrogen) atoms. The number of carbonyl (C=O) groups excluding carboxylic acids is 1. The zero-order valence-electron chi connectivity index (χ0n) is 12.9. The lowest BCUT2D eigenvalue weighted by Crippen LogP contribution is -2.07. The molecule has 2 N–H and O–H groups in total. The average molecular weight is 323 g/mol. The van der Waals surface area contributed by atoms with Crippen LogP contribution in [0.15, 0.2) is 11.5 Å². The summed E-state index contributed by atoms with van der Waals surface area (Å²) in [6.07, 6.45) is 3.86. The number of anilines is 1. The molecule has 0 saturated carbocycles. The number of nitrogens with zero attached hydrogens (tertiary/aromatic N) is 4. The Balaban J connectivity index is 2.06. The van der Waals surface area contributed by atoms with Gasteiger partial charge in [-0.3, -0.25) is 4.79 Å². The van der Waals surface area contributed by atoms with Gasteiger partial charge >= 0.3 is 5.97 Å². The minimum absolute atomic E-state index is 0.180. The first kappa shape index (κ1) is 16.5. The summed E-state index contributed by atoms with van der Waals surface area (Å²) in [5, 5.41) is 0.672. The highest BCUT2D eigenvalue weighted by Gasteiger charge is 2.11. The van der Waals surface area contributed by atoms with E-state index in [-0.39, 0.29) is 5.97 Å². The summed E-state index contributed by atoms with van der Waals surface area (Å²) in [7, 11) is 0. The molecular weight excluding hydrogens is 302 g/mol.